The zero-order valence-corrected chi connectivity index (χ0v) is 23.6. The second kappa shape index (κ2) is 10.1. The van der Waals surface area contributed by atoms with E-state index in [-0.39, 0.29) is 29.6 Å². The van der Waals surface area contributed by atoms with E-state index in [1.54, 1.807) is 61.5 Å². The predicted octanol–water partition coefficient (Wildman–Crippen LogP) is 6.25. The molecular weight excluding hydrogens is 548 g/mol. The number of carbonyl (C=O) groups excluding carboxylic acids is 4. The Morgan fingerprint density at radius 2 is 1.14 bits per heavy atom. The summed E-state index contributed by atoms with van der Waals surface area (Å²) in [6.07, 6.45) is 0.201. The number of imide groups is 1. The molecule has 1 aliphatic heterocycles. The van der Waals surface area contributed by atoms with Gasteiger partial charge in [-0.25, -0.2) is 5.01 Å². The Bertz CT molecular complexity index is 1640. The first-order valence-electron chi connectivity index (χ1n) is 14.2. The molecule has 0 aromatic heterocycles. The SMILES string of the molecule is CC[C@@H](C(=O)c1ccccc1)N(C(=O)c1ccc(Cl)cc1)N1C(=O)[C@@H]2C3c4ccccc4C(c4ccccc43)[C@@H]2C1=O. The summed E-state index contributed by atoms with van der Waals surface area (Å²) in [7, 11) is 0. The number of nitrogens with zero attached hydrogens (tertiary/aromatic N) is 2. The molecule has 0 spiro atoms. The summed E-state index contributed by atoms with van der Waals surface area (Å²) in [5, 5.41) is 2.56. The average molecular weight is 575 g/mol. The molecule has 3 atom stereocenters. The molecule has 0 saturated carbocycles. The van der Waals surface area contributed by atoms with Gasteiger partial charge in [0.25, 0.3) is 17.7 Å². The third-order valence-electron chi connectivity index (χ3n) is 8.98. The van der Waals surface area contributed by atoms with Crippen molar-refractivity contribution in [3.05, 3.63) is 142 Å². The molecule has 1 heterocycles. The van der Waals surface area contributed by atoms with Crippen molar-refractivity contribution in [2.45, 2.75) is 31.2 Å². The highest BCUT2D eigenvalue weighted by Gasteiger charge is 2.63. The summed E-state index contributed by atoms with van der Waals surface area (Å²) in [6.45, 7) is 1.78. The van der Waals surface area contributed by atoms with Gasteiger partial charge in [0.15, 0.2) is 5.78 Å². The van der Waals surface area contributed by atoms with Crippen molar-refractivity contribution in [3.63, 3.8) is 0 Å². The zero-order chi connectivity index (χ0) is 29.1. The highest BCUT2D eigenvalue weighted by molar-refractivity contribution is 6.30. The summed E-state index contributed by atoms with van der Waals surface area (Å²) >= 11 is 6.10. The van der Waals surface area contributed by atoms with E-state index >= 15 is 0 Å². The lowest BCUT2D eigenvalue weighted by Gasteiger charge is -2.45. The van der Waals surface area contributed by atoms with Crippen LogP contribution in [-0.4, -0.2) is 39.6 Å². The average Bonchev–Trinajstić information content (AvgIpc) is 3.29. The lowest BCUT2D eigenvalue weighted by Crippen LogP contribution is -2.57. The fourth-order valence-electron chi connectivity index (χ4n) is 7.23. The molecule has 2 bridgehead atoms. The van der Waals surface area contributed by atoms with Gasteiger partial charge in [-0.15, -0.1) is 0 Å². The first kappa shape index (κ1) is 26.4. The standard InChI is InChI=1S/C35H27ClN2O4/c1-2-27(32(39)20-10-4-3-5-11-20)37(33(40)21-16-18-22(36)19-17-21)38-34(41)30-28-23-12-6-7-13-24(23)29(31(30)35(38)42)26-15-9-8-14-25(26)28/h3-19,27-31H,2H2,1H3/t27-,28?,29?,30-,31+/m0/s1. The highest BCUT2D eigenvalue weighted by Crippen LogP contribution is 2.61. The Balaban J connectivity index is 1.38. The number of carbonyl (C=O) groups is 4. The third kappa shape index (κ3) is 3.78. The maximum absolute atomic E-state index is 14.5. The molecule has 4 aliphatic rings. The van der Waals surface area contributed by atoms with Crippen LogP contribution in [0.3, 0.4) is 0 Å². The number of amides is 3. The normalized spacial score (nSPS) is 22.3. The summed E-state index contributed by atoms with van der Waals surface area (Å²) < 4.78 is 0. The van der Waals surface area contributed by atoms with E-state index in [1.807, 2.05) is 48.5 Å². The van der Waals surface area contributed by atoms with E-state index in [1.165, 1.54) is 0 Å². The van der Waals surface area contributed by atoms with Crippen molar-refractivity contribution in [3.8, 4) is 0 Å². The minimum absolute atomic E-state index is 0.201. The summed E-state index contributed by atoms with van der Waals surface area (Å²) in [5.74, 6) is -3.88. The second-order valence-electron chi connectivity index (χ2n) is 11.1. The number of halogens is 1. The fraction of sp³-hybridized carbons (Fsp3) is 0.200. The van der Waals surface area contributed by atoms with E-state index in [9.17, 15) is 19.2 Å². The Hall–Kier alpha value is -4.55. The first-order valence-corrected chi connectivity index (χ1v) is 14.5. The van der Waals surface area contributed by atoms with Crippen LogP contribution in [0.2, 0.25) is 5.02 Å². The molecule has 4 aromatic carbocycles. The smallest absolute Gasteiger partial charge is 0.273 e. The fourth-order valence-corrected chi connectivity index (χ4v) is 7.36. The Morgan fingerprint density at radius 1 is 0.690 bits per heavy atom. The Kier molecular flexibility index (Phi) is 6.32. The van der Waals surface area contributed by atoms with Crippen molar-refractivity contribution in [1.29, 1.82) is 0 Å². The summed E-state index contributed by atoms with van der Waals surface area (Å²) in [6, 6.07) is 29.8. The van der Waals surface area contributed by atoms with Gasteiger partial charge in [-0.3, -0.25) is 19.2 Å². The molecule has 0 unspecified atom stereocenters. The van der Waals surface area contributed by atoms with E-state index in [0.717, 1.165) is 32.3 Å². The maximum Gasteiger partial charge on any atom is 0.273 e. The van der Waals surface area contributed by atoms with Gasteiger partial charge in [-0.05, 0) is 52.9 Å². The van der Waals surface area contributed by atoms with Gasteiger partial charge >= 0.3 is 0 Å². The highest BCUT2D eigenvalue weighted by atomic mass is 35.5. The Labute approximate surface area is 248 Å². The number of hydrazine groups is 1. The van der Waals surface area contributed by atoms with Gasteiger partial charge < -0.3 is 0 Å². The summed E-state index contributed by atoms with van der Waals surface area (Å²) in [4.78, 5) is 57.3. The molecule has 6 nitrogen and oxygen atoms in total. The van der Waals surface area contributed by atoms with E-state index in [4.69, 9.17) is 11.6 Å². The molecule has 208 valence electrons. The van der Waals surface area contributed by atoms with Crippen LogP contribution >= 0.6 is 11.6 Å². The number of ketones is 1. The molecule has 1 fully saturated rings. The van der Waals surface area contributed by atoms with Crippen molar-refractivity contribution in [1.82, 2.24) is 10.0 Å². The van der Waals surface area contributed by atoms with Gasteiger partial charge in [0.2, 0.25) is 0 Å². The van der Waals surface area contributed by atoms with Crippen LogP contribution in [0.1, 0.15) is 68.2 Å². The largest absolute Gasteiger partial charge is 0.292 e. The number of hydrogen-bond acceptors (Lipinski definition) is 4. The van der Waals surface area contributed by atoms with Gasteiger partial charge in [0.1, 0.15) is 6.04 Å². The van der Waals surface area contributed by atoms with Crippen molar-refractivity contribution < 1.29 is 19.2 Å². The van der Waals surface area contributed by atoms with Crippen LogP contribution in [0, 0.1) is 11.8 Å². The van der Waals surface area contributed by atoms with Crippen LogP contribution in [-0.2, 0) is 9.59 Å². The molecule has 0 N–H and O–H groups in total. The van der Waals surface area contributed by atoms with Gasteiger partial charge in [-0.1, -0.05) is 97.4 Å². The lowest BCUT2D eigenvalue weighted by atomic mass is 9.55. The minimum Gasteiger partial charge on any atom is -0.292 e. The number of benzene rings is 4. The van der Waals surface area contributed by atoms with Crippen LogP contribution < -0.4 is 0 Å². The zero-order valence-electron chi connectivity index (χ0n) is 22.8. The van der Waals surface area contributed by atoms with E-state index < -0.39 is 35.6 Å². The first-order chi connectivity index (χ1) is 20.4. The number of rotatable bonds is 6. The summed E-state index contributed by atoms with van der Waals surface area (Å²) in [5.41, 5.74) is 4.77. The third-order valence-corrected chi connectivity index (χ3v) is 9.23. The molecular formula is C35H27ClN2O4. The number of hydrogen-bond donors (Lipinski definition) is 0. The van der Waals surface area contributed by atoms with E-state index in [2.05, 4.69) is 0 Å². The molecule has 42 heavy (non-hydrogen) atoms. The molecule has 3 amide bonds. The monoisotopic (exact) mass is 574 g/mol. The quantitative estimate of drug-likeness (QED) is 0.201. The molecule has 8 rings (SSSR count). The van der Waals surface area contributed by atoms with Gasteiger partial charge in [0, 0.05) is 28.0 Å². The second-order valence-corrected chi connectivity index (χ2v) is 11.5. The van der Waals surface area contributed by atoms with Crippen molar-refractivity contribution >= 4 is 35.1 Å². The topological polar surface area (TPSA) is 74.8 Å². The minimum atomic E-state index is -1.08. The predicted molar refractivity (Wildman–Crippen MR) is 158 cm³/mol. The van der Waals surface area contributed by atoms with Crippen LogP contribution in [0.4, 0.5) is 0 Å². The van der Waals surface area contributed by atoms with Crippen LogP contribution in [0.5, 0.6) is 0 Å². The Morgan fingerprint density at radius 3 is 1.60 bits per heavy atom. The van der Waals surface area contributed by atoms with E-state index in [0.29, 0.717) is 10.6 Å². The van der Waals surface area contributed by atoms with Gasteiger partial charge in [-0.2, -0.15) is 5.01 Å². The molecule has 3 aliphatic carbocycles. The lowest BCUT2D eigenvalue weighted by molar-refractivity contribution is -0.156. The van der Waals surface area contributed by atoms with Crippen molar-refractivity contribution in [2.75, 3.05) is 0 Å². The molecule has 4 aromatic rings. The molecule has 1 saturated heterocycles. The molecule has 0 radical (unpaired) electrons. The van der Waals surface area contributed by atoms with Crippen LogP contribution in [0.15, 0.2) is 103 Å². The van der Waals surface area contributed by atoms with Crippen molar-refractivity contribution in [2.24, 2.45) is 11.8 Å². The van der Waals surface area contributed by atoms with Gasteiger partial charge in [0.05, 0.1) is 11.8 Å². The number of Topliss-reactive ketones (excluding diaryl/α,β-unsaturated/α-hetero) is 1. The van der Waals surface area contributed by atoms with Crippen LogP contribution in [0.25, 0.3) is 0 Å². The maximum atomic E-state index is 14.5. The molecule has 7 heteroatoms.